The molecule has 2 unspecified atom stereocenters. The summed E-state index contributed by atoms with van der Waals surface area (Å²) in [6, 6.07) is -1.32. The normalized spacial score (nSPS) is 13.6. The van der Waals surface area contributed by atoms with Crippen molar-refractivity contribution in [2.45, 2.75) is 66.5 Å². The summed E-state index contributed by atoms with van der Waals surface area (Å²) in [5, 5.41) is 5.35. The van der Waals surface area contributed by atoms with E-state index in [4.69, 9.17) is 4.74 Å². The van der Waals surface area contributed by atoms with Crippen LogP contribution in [-0.2, 0) is 19.1 Å². The highest BCUT2D eigenvalue weighted by Gasteiger charge is 2.27. The monoisotopic (exact) mass is 314 g/mol. The minimum Gasteiger partial charge on any atom is -0.464 e. The molecule has 2 atom stereocenters. The molecule has 0 aromatic carbocycles. The Morgan fingerprint density at radius 2 is 1.41 bits per heavy atom. The quantitative estimate of drug-likeness (QED) is 0.634. The van der Waals surface area contributed by atoms with Crippen LogP contribution in [-0.4, -0.2) is 36.5 Å². The molecule has 2 N–H and O–H groups in total. The van der Waals surface area contributed by atoms with Crippen molar-refractivity contribution in [2.75, 3.05) is 6.61 Å². The van der Waals surface area contributed by atoms with Crippen LogP contribution in [0.15, 0.2) is 0 Å². The van der Waals surface area contributed by atoms with Crippen LogP contribution in [0.1, 0.15) is 54.4 Å². The molecule has 0 aliphatic heterocycles. The zero-order chi connectivity index (χ0) is 17.3. The highest BCUT2D eigenvalue weighted by Crippen LogP contribution is 2.09. The van der Waals surface area contributed by atoms with E-state index in [1.165, 1.54) is 6.92 Å². The number of hydrogen-bond donors (Lipinski definition) is 2. The predicted molar refractivity (Wildman–Crippen MR) is 85.1 cm³/mol. The second-order valence-electron chi connectivity index (χ2n) is 6.33. The molecule has 0 aromatic rings. The second-order valence-corrected chi connectivity index (χ2v) is 6.33. The number of hydrogen-bond acceptors (Lipinski definition) is 4. The summed E-state index contributed by atoms with van der Waals surface area (Å²) in [7, 11) is 0. The van der Waals surface area contributed by atoms with Crippen molar-refractivity contribution in [2.24, 2.45) is 11.8 Å². The third kappa shape index (κ3) is 8.64. The molecule has 0 saturated carbocycles. The third-order valence-corrected chi connectivity index (χ3v) is 3.00. The van der Waals surface area contributed by atoms with Gasteiger partial charge in [-0.1, -0.05) is 27.7 Å². The maximum Gasteiger partial charge on any atom is 0.328 e. The van der Waals surface area contributed by atoms with E-state index in [0.717, 1.165) is 0 Å². The van der Waals surface area contributed by atoms with E-state index in [2.05, 4.69) is 10.6 Å². The number of nitrogens with one attached hydrogen (secondary N) is 2. The van der Waals surface area contributed by atoms with Gasteiger partial charge in [0.25, 0.3) is 0 Å². The Labute approximate surface area is 133 Å². The van der Waals surface area contributed by atoms with Gasteiger partial charge in [0.1, 0.15) is 12.1 Å². The summed E-state index contributed by atoms with van der Waals surface area (Å²) in [5.74, 6) is -0.566. The molecule has 0 bridgehead atoms. The Balaban J connectivity index is 4.92. The zero-order valence-corrected chi connectivity index (χ0v) is 14.6. The molecule has 0 radical (unpaired) electrons. The van der Waals surface area contributed by atoms with E-state index >= 15 is 0 Å². The van der Waals surface area contributed by atoms with Crippen LogP contribution in [0.25, 0.3) is 0 Å². The van der Waals surface area contributed by atoms with Crippen LogP contribution in [0.4, 0.5) is 0 Å². The van der Waals surface area contributed by atoms with Gasteiger partial charge in [-0.15, -0.1) is 0 Å². The molecule has 0 spiro atoms. The summed E-state index contributed by atoms with van der Waals surface area (Å²) >= 11 is 0. The molecule has 0 aliphatic carbocycles. The Morgan fingerprint density at radius 1 is 0.909 bits per heavy atom. The summed E-state index contributed by atoms with van der Waals surface area (Å²) in [4.78, 5) is 35.6. The fraction of sp³-hybridized carbons (Fsp3) is 0.812. The van der Waals surface area contributed by atoms with Crippen LogP contribution in [0.5, 0.6) is 0 Å². The van der Waals surface area contributed by atoms with Gasteiger partial charge in [-0.05, 0) is 31.6 Å². The molecule has 128 valence electrons. The van der Waals surface area contributed by atoms with E-state index in [1.807, 2.05) is 27.7 Å². The highest BCUT2D eigenvalue weighted by atomic mass is 16.5. The SMILES string of the molecule is CCOC(=O)C(CC(C)C)NC(=O)C(CC(C)C)NC(C)=O. The van der Waals surface area contributed by atoms with Gasteiger partial charge in [-0.2, -0.15) is 0 Å². The van der Waals surface area contributed by atoms with Crippen LogP contribution in [0, 0.1) is 11.8 Å². The highest BCUT2D eigenvalue weighted by molar-refractivity contribution is 5.90. The number of carbonyl (C=O) groups is 3. The van der Waals surface area contributed by atoms with Crippen molar-refractivity contribution in [1.82, 2.24) is 10.6 Å². The first-order chi connectivity index (χ1) is 10.2. The Morgan fingerprint density at radius 3 is 1.82 bits per heavy atom. The molecule has 6 nitrogen and oxygen atoms in total. The molecule has 0 aliphatic rings. The standard InChI is InChI=1S/C16H30N2O4/c1-7-22-16(21)14(9-11(4)5)18-15(20)13(8-10(2)3)17-12(6)19/h10-11,13-14H,7-9H2,1-6H3,(H,17,19)(H,18,20). The van der Waals surface area contributed by atoms with Crippen molar-refractivity contribution < 1.29 is 19.1 Å². The zero-order valence-electron chi connectivity index (χ0n) is 14.6. The fourth-order valence-electron chi connectivity index (χ4n) is 2.15. The molecule has 0 fully saturated rings. The molecule has 2 amide bonds. The average Bonchev–Trinajstić information content (AvgIpc) is 2.35. The van der Waals surface area contributed by atoms with Gasteiger partial charge in [-0.25, -0.2) is 4.79 Å². The fourth-order valence-corrected chi connectivity index (χ4v) is 2.15. The number of carbonyl (C=O) groups excluding carboxylic acids is 3. The van der Waals surface area contributed by atoms with Crippen LogP contribution in [0.2, 0.25) is 0 Å². The van der Waals surface area contributed by atoms with E-state index in [1.54, 1.807) is 6.92 Å². The van der Waals surface area contributed by atoms with Crippen molar-refractivity contribution >= 4 is 17.8 Å². The first-order valence-electron chi connectivity index (χ1n) is 7.91. The van der Waals surface area contributed by atoms with Gasteiger partial charge in [0.2, 0.25) is 11.8 Å². The smallest absolute Gasteiger partial charge is 0.328 e. The number of esters is 1. The summed E-state index contributed by atoms with van der Waals surface area (Å²) in [6.45, 7) is 11.3. The van der Waals surface area contributed by atoms with Gasteiger partial charge in [0.05, 0.1) is 6.61 Å². The first kappa shape index (κ1) is 20.4. The van der Waals surface area contributed by atoms with Crippen molar-refractivity contribution in [3.05, 3.63) is 0 Å². The van der Waals surface area contributed by atoms with Crippen molar-refractivity contribution in [1.29, 1.82) is 0 Å². The number of amides is 2. The van der Waals surface area contributed by atoms with Gasteiger partial charge in [0, 0.05) is 6.92 Å². The molecule has 0 heterocycles. The Kier molecular flexibility index (Phi) is 9.45. The van der Waals surface area contributed by atoms with Gasteiger partial charge in [-0.3, -0.25) is 9.59 Å². The maximum absolute atomic E-state index is 12.4. The molecule has 0 saturated heterocycles. The van der Waals surface area contributed by atoms with Crippen LogP contribution < -0.4 is 10.6 Å². The summed E-state index contributed by atoms with van der Waals surface area (Å²) in [6.07, 6.45) is 1.02. The minimum absolute atomic E-state index is 0.235. The molecule has 0 rings (SSSR count). The summed E-state index contributed by atoms with van der Waals surface area (Å²) < 4.78 is 5.01. The average molecular weight is 314 g/mol. The summed E-state index contributed by atoms with van der Waals surface area (Å²) in [5.41, 5.74) is 0. The molecular formula is C16H30N2O4. The van der Waals surface area contributed by atoms with Crippen molar-refractivity contribution in [3.8, 4) is 0 Å². The lowest BCUT2D eigenvalue weighted by molar-refractivity contribution is -0.148. The lowest BCUT2D eigenvalue weighted by Gasteiger charge is -2.24. The lowest BCUT2D eigenvalue weighted by Crippen LogP contribution is -2.52. The molecule has 6 heteroatoms. The number of ether oxygens (including phenoxy) is 1. The van der Waals surface area contributed by atoms with Gasteiger partial charge in [0.15, 0.2) is 0 Å². The maximum atomic E-state index is 12.4. The lowest BCUT2D eigenvalue weighted by atomic mass is 10.0. The van der Waals surface area contributed by atoms with Gasteiger partial charge < -0.3 is 15.4 Å². The number of rotatable bonds is 9. The largest absolute Gasteiger partial charge is 0.464 e. The van der Waals surface area contributed by atoms with Gasteiger partial charge >= 0.3 is 5.97 Å². The van der Waals surface area contributed by atoms with E-state index in [-0.39, 0.29) is 30.3 Å². The Hall–Kier alpha value is -1.59. The first-order valence-corrected chi connectivity index (χ1v) is 7.91. The third-order valence-electron chi connectivity index (χ3n) is 3.00. The van der Waals surface area contributed by atoms with Crippen LogP contribution in [0.3, 0.4) is 0 Å². The van der Waals surface area contributed by atoms with E-state index in [0.29, 0.717) is 12.8 Å². The molecular weight excluding hydrogens is 284 g/mol. The Bertz CT molecular complexity index is 380. The molecule has 0 aromatic heterocycles. The minimum atomic E-state index is -0.684. The second kappa shape index (κ2) is 10.2. The predicted octanol–water partition coefficient (Wildman–Crippen LogP) is 1.63. The van der Waals surface area contributed by atoms with Crippen molar-refractivity contribution in [3.63, 3.8) is 0 Å². The topological polar surface area (TPSA) is 84.5 Å². The van der Waals surface area contributed by atoms with E-state index in [9.17, 15) is 14.4 Å². The van der Waals surface area contributed by atoms with Crippen LogP contribution >= 0.6 is 0 Å². The molecule has 22 heavy (non-hydrogen) atoms. The van der Waals surface area contributed by atoms with E-state index < -0.39 is 18.1 Å².